The van der Waals surface area contributed by atoms with Gasteiger partial charge in [0.1, 0.15) is 0 Å². The van der Waals surface area contributed by atoms with E-state index < -0.39 is 6.03 Å². The van der Waals surface area contributed by atoms with Gasteiger partial charge in [-0.15, -0.1) is 0 Å². The number of nitrogens with one attached hydrogen (secondary N) is 1. The monoisotopic (exact) mass is 186 g/mol. The smallest absolute Gasteiger partial charge is 0.314 e. The van der Waals surface area contributed by atoms with Gasteiger partial charge >= 0.3 is 6.03 Å². The van der Waals surface area contributed by atoms with Gasteiger partial charge in [0.05, 0.1) is 6.54 Å². The van der Waals surface area contributed by atoms with Crippen LogP contribution in [0.15, 0.2) is 0 Å². The van der Waals surface area contributed by atoms with Crippen LogP contribution in [0.1, 0.15) is 0 Å². The average Bonchev–Trinajstić information content (AvgIpc) is 2.00. The zero-order chi connectivity index (χ0) is 9.84. The molecular formula is C7H14N4O2. The molecule has 0 bridgehead atoms. The third-order valence-electron chi connectivity index (χ3n) is 2.04. The Balaban J connectivity index is 2.08. The van der Waals surface area contributed by atoms with Crippen LogP contribution in [0.25, 0.3) is 0 Å². The number of primary amides is 1. The number of nitrogens with two attached hydrogens (primary N) is 2. The summed E-state index contributed by atoms with van der Waals surface area (Å²) in [6.07, 6.45) is 0. The number of carbonyl (C=O) groups excluding carboxylic acids is 2. The second-order valence-corrected chi connectivity index (χ2v) is 3.12. The van der Waals surface area contributed by atoms with Crippen molar-refractivity contribution >= 4 is 11.9 Å². The molecule has 0 aliphatic carbocycles. The van der Waals surface area contributed by atoms with Gasteiger partial charge in [-0.2, -0.15) is 0 Å². The van der Waals surface area contributed by atoms with E-state index in [1.807, 2.05) is 0 Å². The highest BCUT2D eigenvalue weighted by Crippen LogP contribution is 2.13. The summed E-state index contributed by atoms with van der Waals surface area (Å²) in [5, 5.41) is 2.65. The molecule has 0 spiro atoms. The molecule has 74 valence electrons. The molecule has 1 heterocycles. The van der Waals surface area contributed by atoms with Crippen LogP contribution in [-0.2, 0) is 4.79 Å². The molecule has 13 heavy (non-hydrogen) atoms. The van der Waals surface area contributed by atoms with Crippen molar-refractivity contribution in [2.24, 2.45) is 17.4 Å². The van der Waals surface area contributed by atoms with Gasteiger partial charge in [0.25, 0.3) is 0 Å². The lowest BCUT2D eigenvalue weighted by Crippen LogP contribution is -2.55. The standard InChI is InChI=1S/C7H14N4O2/c8-1-6(12)10-2-5-3-11(4-5)7(9)13/h5H,1-4,8H2,(H2,9,13)(H,10,12). The molecule has 3 amide bonds. The van der Waals surface area contributed by atoms with Crippen LogP contribution in [-0.4, -0.2) is 43.0 Å². The molecule has 1 saturated heterocycles. The largest absolute Gasteiger partial charge is 0.355 e. The third-order valence-corrected chi connectivity index (χ3v) is 2.04. The van der Waals surface area contributed by atoms with Crippen LogP contribution in [0.2, 0.25) is 0 Å². The highest BCUT2D eigenvalue weighted by molar-refractivity contribution is 5.77. The molecule has 1 rings (SSSR count). The van der Waals surface area contributed by atoms with Crippen LogP contribution in [0.4, 0.5) is 4.79 Å². The quantitative estimate of drug-likeness (QED) is 0.478. The van der Waals surface area contributed by atoms with Crippen molar-refractivity contribution < 1.29 is 9.59 Å². The Morgan fingerprint density at radius 1 is 1.46 bits per heavy atom. The Labute approximate surface area is 76.2 Å². The fourth-order valence-corrected chi connectivity index (χ4v) is 1.21. The number of nitrogens with zero attached hydrogens (tertiary/aromatic N) is 1. The van der Waals surface area contributed by atoms with Gasteiger partial charge in [-0.05, 0) is 0 Å². The minimum atomic E-state index is -0.401. The van der Waals surface area contributed by atoms with Gasteiger partial charge in [-0.25, -0.2) is 4.79 Å². The zero-order valence-corrected chi connectivity index (χ0v) is 7.32. The van der Waals surface area contributed by atoms with Gasteiger partial charge in [0, 0.05) is 25.6 Å². The van der Waals surface area contributed by atoms with E-state index >= 15 is 0 Å². The first kappa shape index (κ1) is 9.79. The van der Waals surface area contributed by atoms with Gasteiger partial charge in [0.15, 0.2) is 0 Å². The molecule has 0 aromatic heterocycles. The predicted octanol–water partition coefficient (Wildman–Crippen LogP) is -1.93. The molecule has 0 atom stereocenters. The molecule has 5 N–H and O–H groups in total. The Kier molecular flexibility index (Phi) is 3.07. The van der Waals surface area contributed by atoms with Crippen molar-refractivity contribution in [3.63, 3.8) is 0 Å². The number of rotatable bonds is 3. The minimum absolute atomic E-state index is 0.00620. The molecule has 6 nitrogen and oxygen atoms in total. The topological polar surface area (TPSA) is 101 Å². The Hall–Kier alpha value is -1.30. The van der Waals surface area contributed by atoms with E-state index in [2.05, 4.69) is 5.32 Å². The van der Waals surface area contributed by atoms with Crippen LogP contribution in [0.5, 0.6) is 0 Å². The van der Waals surface area contributed by atoms with Crippen molar-refractivity contribution in [2.75, 3.05) is 26.2 Å². The maximum atomic E-state index is 10.7. The van der Waals surface area contributed by atoms with Gasteiger partial charge in [0.2, 0.25) is 5.91 Å². The Morgan fingerprint density at radius 2 is 2.08 bits per heavy atom. The van der Waals surface area contributed by atoms with Gasteiger partial charge in [-0.1, -0.05) is 0 Å². The molecule has 0 unspecified atom stereocenters. The summed E-state index contributed by atoms with van der Waals surface area (Å²) in [6, 6.07) is -0.401. The number of likely N-dealkylation sites (tertiary alicyclic amines) is 1. The fourth-order valence-electron chi connectivity index (χ4n) is 1.21. The predicted molar refractivity (Wildman–Crippen MR) is 46.7 cm³/mol. The molecule has 0 saturated carbocycles. The van der Waals surface area contributed by atoms with E-state index in [-0.39, 0.29) is 12.5 Å². The van der Waals surface area contributed by atoms with Gasteiger partial charge in [-0.3, -0.25) is 4.79 Å². The number of hydrogen-bond acceptors (Lipinski definition) is 3. The third kappa shape index (κ3) is 2.59. The van der Waals surface area contributed by atoms with E-state index in [1.165, 1.54) is 4.90 Å². The van der Waals surface area contributed by atoms with E-state index in [4.69, 9.17) is 11.5 Å². The second kappa shape index (κ2) is 4.08. The number of carbonyl (C=O) groups is 2. The van der Waals surface area contributed by atoms with E-state index in [9.17, 15) is 9.59 Å². The van der Waals surface area contributed by atoms with Crippen molar-refractivity contribution in [3.8, 4) is 0 Å². The number of urea groups is 1. The molecule has 0 radical (unpaired) electrons. The summed E-state index contributed by atoms with van der Waals surface area (Å²) in [5.74, 6) is 0.153. The summed E-state index contributed by atoms with van der Waals surface area (Å²) in [7, 11) is 0. The molecule has 0 aromatic rings. The number of amides is 3. The van der Waals surface area contributed by atoms with Crippen molar-refractivity contribution in [2.45, 2.75) is 0 Å². The maximum Gasteiger partial charge on any atom is 0.314 e. The molecule has 0 aromatic carbocycles. The summed E-state index contributed by atoms with van der Waals surface area (Å²) in [5.41, 5.74) is 10.1. The van der Waals surface area contributed by atoms with Crippen molar-refractivity contribution in [3.05, 3.63) is 0 Å². The van der Waals surface area contributed by atoms with Crippen LogP contribution in [0.3, 0.4) is 0 Å². The van der Waals surface area contributed by atoms with E-state index in [0.29, 0.717) is 25.6 Å². The zero-order valence-electron chi connectivity index (χ0n) is 7.32. The summed E-state index contributed by atoms with van der Waals surface area (Å²) >= 11 is 0. The van der Waals surface area contributed by atoms with Crippen LogP contribution < -0.4 is 16.8 Å². The van der Waals surface area contributed by atoms with E-state index in [0.717, 1.165) is 0 Å². The molecule has 1 aliphatic rings. The lowest BCUT2D eigenvalue weighted by Gasteiger charge is -2.37. The van der Waals surface area contributed by atoms with Crippen LogP contribution >= 0.6 is 0 Å². The lowest BCUT2D eigenvalue weighted by molar-refractivity contribution is -0.120. The average molecular weight is 186 g/mol. The van der Waals surface area contributed by atoms with Crippen LogP contribution in [0, 0.1) is 5.92 Å². The molecule has 1 fully saturated rings. The summed E-state index contributed by atoms with van der Waals surface area (Å²) < 4.78 is 0. The molecule has 1 aliphatic heterocycles. The molecular weight excluding hydrogens is 172 g/mol. The van der Waals surface area contributed by atoms with Gasteiger partial charge < -0.3 is 21.7 Å². The Bertz CT molecular complexity index is 213. The number of hydrogen-bond donors (Lipinski definition) is 3. The van der Waals surface area contributed by atoms with Crippen molar-refractivity contribution in [1.82, 2.24) is 10.2 Å². The SMILES string of the molecule is NCC(=O)NCC1CN(C(N)=O)C1. The van der Waals surface area contributed by atoms with Crippen molar-refractivity contribution in [1.29, 1.82) is 0 Å². The summed E-state index contributed by atoms with van der Waals surface area (Å²) in [6.45, 7) is 1.83. The Morgan fingerprint density at radius 3 is 2.54 bits per heavy atom. The lowest BCUT2D eigenvalue weighted by atomic mass is 10.0. The normalized spacial score (nSPS) is 16.5. The first-order valence-corrected chi connectivity index (χ1v) is 4.14. The molecule has 6 heteroatoms. The second-order valence-electron chi connectivity index (χ2n) is 3.12. The first-order valence-electron chi connectivity index (χ1n) is 4.14. The summed E-state index contributed by atoms with van der Waals surface area (Å²) in [4.78, 5) is 22.8. The highest BCUT2D eigenvalue weighted by atomic mass is 16.2. The van der Waals surface area contributed by atoms with E-state index in [1.54, 1.807) is 0 Å². The highest BCUT2D eigenvalue weighted by Gasteiger charge is 2.28. The minimum Gasteiger partial charge on any atom is -0.355 e. The first-order chi connectivity index (χ1) is 6.13. The fraction of sp³-hybridized carbons (Fsp3) is 0.714. The maximum absolute atomic E-state index is 10.7.